The topological polar surface area (TPSA) is 17.8 Å². The number of nitrogens with zero attached hydrogens (tertiary/aromatic N) is 2. The zero-order valence-corrected chi connectivity index (χ0v) is 11.9. The first-order valence-electron chi connectivity index (χ1n) is 5.32. The van der Waals surface area contributed by atoms with Gasteiger partial charge in [0.15, 0.2) is 0 Å². The highest BCUT2D eigenvalue weighted by molar-refractivity contribution is 14.1. The Morgan fingerprint density at radius 2 is 1.94 bits per heavy atom. The van der Waals surface area contributed by atoms with Crippen LogP contribution < -0.4 is 0 Å². The van der Waals surface area contributed by atoms with Crippen LogP contribution in [0, 0.1) is 24.5 Å². The van der Waals surface area contributed by atoms with Crippen molar-refractivity contribution in [3.05, 3.63) is 50.4 Å². The summed E-state index contributed by atoms with van der Waals surface area (Å²) in [6, 6.07) is 6.56. The molecule has 0 aliphatic heterocycles. The number of benzene rings is 1. The molecule has 0 unspecified atom stereocenters. The summed E-state index contributed by atoms with van der Waals surface area (Å²) < 4.78 is 3.10. The van der Waals surface area contributed by atoms with Gasteiger partial charge in [-0.05, 0) is 54.5 Å². The summed E-state index contributed by atoms with van der Waals surface area (Å²) in [5, 5.41) is 4.48. The van der Waals surface area contributed by atoms with Gasteiger partial charge < -0.3 is 0 Å². The third kappa shape index (κ3) is 2.45. The molecule has 0 bridgehead atoms. The summed E-state index contributed by atoms with van der Waals surface area (Å²) in [5.74, 6) is 0. The molecule has 84 valence electrons. The van der Waals surface area contributed by atoms with E-state index in [9.17, 15) is 0 Å². The second kappa shape index (κ2) is 4.57. The van der Waals surface area contributed by atoms with Crippen LogP contribution in [0.25, 0.3) is 0 Å². The van der Waals surface area contributed by atoms with Crippen molar-refractivity contribution >= 4 is 22.6 Å². The molecule has 0 radical (unpaired) electrons. The van der Waals surface area contributed by atoms with E-state index < -0.39 is 0 Å². The highest BCUT2D eigenvalue weighted by Crippen LogP contribution is 2.14. The van der Waals surface area contributed by atoms with E-state index in [4.69, 9.17) is 0 Å². The molecule has 1 heterocycles. The number of halogens is 1. The van der Waals surface area contributed by atoms with E-state index in [2.05, 4.69) is 72.9 Å². The lowest BCUT2D eigenvalue weighted by Gasteiger charge is -2.07. The highest BCUT2D eigenvalue weighted by atomic mass is 127. The van der Waals surface area contributed by atoms with Gasteiger partial charge in [-0.25, -0.2) is 0 Å². The van der Waals surface area contributed by atoms with Gasteiger partial charge in [-0.1, -0.05) is 23.8 Å². The SMILES string of the molecule is Cc1ccc(C)c(Cn2cc(C)c(I)n2)c1. The lowest BCUT2D eigenvalue weighted by atomic mass is 10.1. The summed E-state index contributed by atoms with van der Waals surface area (Å²) in [5.41, 5.74) is 5.22. The monoisotopic (exact) mass is 326 g/mol. The van der Waals surface area contributed by atoms with Crippen LogP contribution in [0.1, 0.15) is 22.3 Å². The van der Waals surface area contributed by atoms with Crippen molar-refractivity contribution in [2.45, 2.75) is 27.3 Å². The molecular weight excluding hydrogens is 311 g/mol. The lowest BCUT2D eigenvalue weighted by Crippen LogP contribution is -2.02. The zero-order valence-electron chi connectivity index (χ0n) is 9.79. The maximum Gasteiger partial charge on any atom is 0.126 e. The largest absolute Gasteiger partial charge is 0.267 e. The molecule has 0 N–H and O–H groups in total. The Kier molecular flexibility index (Phi) is 3.33. The van der Waals surface area contributed by atoms with Crippen LogP contribution in [0.4, 0.5) is 0 Å². The van der Waals surface area contributed by atoms with Gasteiger partial charge in [0, 0.05) is 11.8 Å². The van der Waals surface area contributed by atoms with Gasteiger partial charge in [-0.2, -0.15) is 5.10 Å². The minimum absolute atomic E-state index is 0.858. The first-order valence-corrected chi connectivity index (χ1v) is 6.40. The molecule has 2 nitrogen and oxygen atoms in total. The van der Waals surface area contributed by atoms with E-state index in [0.29, 0.717) is 0 Å². The van der Waals surface area contributed by atoms with Gasteiger partial charge in [0.1, 0.15) is 3.70 Å². The fourth-order valence-corrected chi connectivity index (χ4v) is 2.14. The average Bonchev–Trinajstić information content (AvgIpc) is 2.52. The molecule has 2 aromatic rings. The minimum Gasteiger partial charge on any atom is -0.267 e. The number of rotatable bonds is 2. The molecule has 0 saturated carbocycles. The van der Waals surface area contributed by atoms with E-state index in [1.54, 1.807) is 0 Å². The maximum atomic E-state index is 4.48. The van der Waals surface area contributed by atoms with Crippen molar-refractivity contribution in [1.82, 2.24) is 9.78 Å². The number of hydrogen-bond donors (Lipinski definition) is 0. The van der Waals surface area contributed by atoms with Crippen LogP contribution >= 0.6 is 22.6 Å². The van der Waals surface area contributed by atoms with E-state index in [-0.39, 0.29) is 0 Å². The Bertz CT molecular complexity index is 495. The molecule has 0 amide bonds. The van der Waals surface area contributed by atoms with Crippen LogP contribution in [-0.2, 0) is 6.54 Å². The average molecular weight is 326 g/mol. The first kappa shape index (κ1) is 11.6. The Morgan fingerprint density at radius 3 is 2.56 bits per heavy atom. The smallest absolute Gasteiger partial charge is 0.126 e. The molecule has 0 fully saturated rings. The molecule has 1 aromatic carbocycles. The van der Waals surface area contributed by atoms with Crippen LogP contribution in [0.5, 0.6) is 0 Å². The molecule has 1 aromatic heterocycles. The molecule has 16 heavy (non-hydrogen) atoms. The van der Waals surface area contributed by atoms with Crippen molar-refractivity contribution in [3.63, 3.8) is 0 Å². The quantitative estimate of drug-likeness (QED) is 0.773. The molecule has 0 aliphatic carbocycles. The highest BCUT2D eigenvalue weighted by Gasteiger charge is 2.04. The minimum atomic E-state index is 0.858. The predicted octanol–water partition coefficient (Wildman–Crippen LogP) is 3.46. The second-order valence-electron chi connectivity index (χ2n) is 4.23. The maximum absolute atomic E-state index is 4.48. The van der Waals surface area contributed by atoms with Crippen LogP contribution in [0.2, 0.25) is 0 Å². The summed E-state index contributed by atoms with van der Waals surface area (Å²) >= 11 is 2.27. The van der Waals surface area contributed by atoms with E-state index >= 15 is 0 Å². The molecule has 0 aliphatic rings. The van der Waals surface area contributed by atoms with E-state index in [0.717, 1.165) is 10.2 Å². The fourth-order valence-electron chi connectivity index (χ4n) is 1.72. The summed E-state index contributed by atoms with van der Waals surface area (Å²) in [6.07, 6.45) is 2.10. The Hall–Kier alpha value is -0.840. The zero-order chi connectivity index (χ0) is 11.7. The molecule has 0 saturated heterocycles. The number of aromatic nitrogens is 2. The van der Waals surface area contributed by atoms with Crippen LogP contribution in [0.3, 0.4) is 0 Å². The molecule has 0 spiro atoms. The van der Waals surface area contributed by atoms with Gasteiger partial charge in [0.25, 0.3) is 0 Å². The molecular formula is C13H15IN2. The van der Waals surface area contributed by atoms with Crippen molar-refractivity contribution in [1.29, 1.82) is 0 Å². The molecule has 2 rings (SSSR count). The number of hydrogen-bond acceptors (Lipinski definition) is 1. The third-order valence-electron chi connectivity index (χ3n) is 2.72. The second-order valence-corrected chi connectivity index (χ2v) is 5.25. The van der Waals surface area contributed by atoms with Gasteiger partial charge in [-0.15, -0.1) is 0 Å². The van der Waals surface area contributed by atoms with Gasteiger partial charge in [0.05, 0.1) is 6.54 Å². The Morgan fingerprint density at radius 1 is 1.19 bits per heavy atom. The predicted molar refractivity (Wildman–Crippen MR) is 74.7 cm³/mol. The normalized spacial score (nSPS) is 10.8. The van der Waals surface area contributed by atoms with Crippen molar-refractivity contribution in [2.24, 2.45) is 0 Å². The van der Waals surface area contributed by atoms with Gasteiger partial charge in [0.2, 0.25) is 0 Å². The Balaban J connectivity index is 2.29. The molecule has 0 atom stereocenters. The van der Waals surface area contributed by atoms with Crippen molar-refractivity contribution < 1.29 is 0 Å². The van der Waals surface area contributed by atoms with Gasteiger partial charge in [-0.3, -0.25) is 4.68 Å². The van der Waals surface area contributed by atoms with Crippen molar-refractivity contribution in [2.75, 3.05) is 0 Å². The summed E-state index contributed by atoms with van der Waals surface area (Å²) in [4.78, 5) is 0. The van der Waals surface area contributed by atoms with E-state index in [1.165, 1.54) is 22.3 Å². The third-order valence-corrected chi connectivity index (χ3v) is 3.79. The Labute approximate surface area is 110 Å². The number of aryl methyl sites for hydroxylation is 3. The summed E-state index contributed by atoms with van der Waals surface area (Å²) in [7, 11) is 0. The molecule has 3 heteroatoms. The van der Waals surface area contributed by atoms with E-state index in [1.807, 2.05) is 4.68 Å². The summed E-state index contributed by atoms with van der Waals surface area (Å²) in [6.45, 7) is 7.23. The lowest BCUT2D eigenvalue weighted by molar-refractivity contribution is 0.678. The van der Waals surface area contributed by atoms with Crippen LogP contribution in [0.15, 0.2) is 24.4 Å². The van der Waals surface area contributed by atoms with Gasteiger partial charge >= 0.3 is 0 Å². The first-order chi connectivity index (χ1) is 7.56. The van der Waals surface area contributed by atoms with Crippen LogP contribution in [-0.4, -0.2) is 9.78 Å². The fraction of sp³-hybridized carbons (Fsp3) is 0.308. The standard InChI is InChI=1S/C13H15IN2/c1-9-4-5-10(2)12(6-9)8-16-7-11(3)13(14)15-16/h4-7H,8H2,1-3H3. The van der Waals surface area contributed by atoms with Crippen molar-refractivity contribution in [3.8, 4) is 0 Å².